The third-order valence-electron chi connectivity index (χ3n) is 9.85. The van der Waals surface area contributed by atoms with Gasteiger partial charge in [0, 0.05) is 55.2 Å². The number of benzene rings is 7. The molecule has 9 aromatic rings. The topological polar surface area (TPSA) is 51.6 Å². The Bertz CT molecular complexity index is 2780. The van der Waals surface area contributed by atoms with Crippen molar-refractivity contribution < 1.29 is 0 Å². The molecule has 0 unspecified atom stereocenters. The second kappa shape index (κ2) is 13.1. The maximum atomic E-state index is 5.00. The number of hydrogen-bond donors (Lipinski definition) is 0. The molecule has 0 fully saturated rings. The molecular formula is C48H30N4S. The molecule has 5 heteroatoms. The molecule has 0 bridgehead atoms. The summed E-state index contributed by atoms with van der Waals surface area (Å²) in [4.78, 5) is 22.1. The van der Waals surface area contributed by atoms with Crippen LogP contribution in [0.3, 0.4) is 0 Å². The molecule has 0 saturated carbocycles. The van der Waals surface area contributed by atoms with Crippen LogP contribution < -0.4 is 0 Å². The molecule has 2 aromatic heterocycles. The quantitative estimate of drug-likeness (QED) is 0.173. The van der Waals surface area contributed by atoms with Crippen molar-refractivity contribution in [1.82, 2.24) is 19.9 Å². The van der Waals surface area contributed by atoms with E-state index in [4.69, 9.17) is 19.9 Å². The van der Waals surface area contributed by atoms with Crippen LogP contribution in [0.5, 0.6) is 0 Å². The lowest BCUT2D eigenvalue weighted by Crippen LogP contribution is -2.00. The highest BCUT2D eigenvalue weighted by atomic mass is 32.2. The van der Waals surface area contributed by atoms with Gasteiger partial charge in [0.05, 0.1) is 0 Å². The van der Waals surface area contributed by atoms with Crippen molar-refractivity contribution >= 4 is 22.5 Å². The highest BCUT2D eigenvalue weighted by Gasteiger charge is 2.21. The summed E-state index contributed by atoms with van der Waals surface area (Å²) in [6.45, 7) is 0. The van der Waals surface area contributed by atoms with Gasteiger partial charge in [-0.1, -0.05) is 163 Å². The van der Waals surface area contributed by atoms with E-state index in [1.165, 1.54) is 42.8 Å². The van der Waals surface area contributed by atoms with Crippen LogP contribution in [0.15, 0.2) is 192 Å². The number of pyridine rings is 1. The van der Waals surface area contributed by atoms with Gasteiger partial charge in [0.2, 0.25) is 0 Å². The molecule has 0 spiro atoms. The zero-order chi connectivity index (χ0) is 35.1. The average Bonchev–Trinajstić information content (AvgIpc) is 3.24. The van der Waals surface area contributed by atoms with Gasteiger partial charge in [-0.3, -0.25) is 4.98 Å². The smallest absolute Gasteiger partial charge is 0.164 e. The highest BCUT2D eigenvalue weighted by molar-refractivity contribution is 7.99. The first-order valence-electron chi connectivity index (χ1n) is 17.6. The van der Waals surface area contributed by atoms with E-state index < -0.39 is 0 Å². The summed E-state index contributed by atoms with van der Waals surface area (Å²) < 4.78 is 0. The molecule has 248 valence electrons. The van der Waals surface area contributed by atoms with E-state index in [9.17, 15) is 0 Å². The molecular weight excluding hydrogens is 665 g/mol. The third-order valence-corrected chi connectivity index (χ3v) is 11.0. The fourth-order valence-electron chi connectivity index (χ4n) is 7.17. The molecule has 7 aromatic carbocycles. The number of aromatic nitrogens is 4. The summed E-state index contributed by atoms with van der Waals surface area (Å²) in [5, 5.41) is 2.44. The van der Waals surface area contributed by atoms with Gasteiger partial charge in [0.15, 0.2) is 17.5 Å². The Kier molecular flexibility index (Phi) is 7.70. The van der Waals surface area contributed by atoms with Crippen LogP contribution in [-0.2, 0) is 0 Å². The fraction of sp³-hybridized carbons (Fsp3) is 0. The summed E-state index contributed by atoms with van der Waals surface area (Å²) in [7, 11) is 0. The van der Waals surface area contributed by atoms with Crippen molar-refractivity contribution in [3.8, 4) is 78.7 Å². The normalized spacial score (nSPS) is 11.7. The summed E-state index contributed by atoms with van der Waals surface area (Å²) in [5.74, 6) is 1.92. The second-order valence-electron chi connectivity index (χ2n) is 13.1. The fourth-order valence-corrected chi connectivity index (χ4v) is 8.30. The van der Waals surface area contributed by atoms with E-state index >= 15 is 0 Å². The van der Waals surface area contributed by atoms with E-state index in [1.807, 2.05) is 60.6 Å². The predicted molar refractivity (Wildman–Crippen MR) is 217 cm³/mol. The number of nitrogens with zero attached hydrogens (tertiary/aromatic N) is 4. The van der Waals surface area contributed by atoms with Crippen LogP contribution in [0.4, 0.5) is 0 Å². The van der Waals surface area contributed by atoms with Gasteiger partial charge < -0.3 is 0 Å². The standard InChI is InChI=1S/C48H30N4S/c1-3-10-31(11-4-1)32-18-22-35(23-19-32)47-50-46(34-12-5-2-6-13-34)51-48(52-47)36-24-20-33(21-25-36)37-14-9-15-38(28-37)39-26-27-44-45-41(39)29-49-30-42(45)40-16-7-8-17-43(40)53-44/h1-30H. The molecule has 1 aliphatic rings. The Balaban J connectivity index is 0.999. The van der Waals surface area contributed by atoms with Crippen molar-refractivity contribution in [3.63, 3.8) is 0 Å². The zero-order valence-corrected chi connectivity index (χ0v) is 29.3. The number of rotatable bonds is 6. The molecule has 0 atom stereocenters. The lowest BCUT2D eigenvalue weighted by Gasteiger charge is -2.21. The van der Waals surface area contributed by atoms with Crippen molar-refractivity contribution in [2.45, 2.75) is 9.79 Å². The Morgan fingerprint density at radius 1 is 0.321 bits per heavy atom. The SMILES string of the molecule is c1ccc(-c2ccc(-c3nc(-c4ccccc4)nc(-c4ccc(-c5cccc(-c6ccc7c8c(cncc68)-c6ccccc6S7)c5)cc4)n3)cc2)cc1. The van der Waals surface area contributed by atoms with Crippen LogP contribution in [0.25, 0.3) is 89.4 Å². The van der Waals surface area contributed by atoms with Crippen molar-refractivity contribution in [2.75, 3.05) is 0 Å². The Morgan fingerprint density at radius 2 is 0.830 bits per heavy atom. The van der Waals surface area contributed by atoms with Gasteiger partial charge in [0.1, 0.15) is 0 Å². The van der Waals surface area contributed by atoms with Crippen LogP contribution in [0.1, 0.15) is 0 Å². The maximum absolute atomic E-state index is 5.00. The summed E-state index contributed by atoms with van der Waals surface area (Å²) in [6.07, 6.45) is 4.02. The van der Waals surface area contributed by atoms with E-state index in [-0.39, 0.29) is 0 Å². The molecule has 3 heterocycles. The molecule has 0 saturated heterocycles. The first kappa shape index (κ1) is 31.1. The Morgan fingerprint density at radius 3 is 1.51 bits per heavy atom. The van der Waals surface area contributed by atoms with Crippen molar-refractivity contribution in [3.05, 3.63) is 182 Å². The molecule has 0 aliphatic carbocycles. The largest absolute Gasteiger partial charge is 0.263 e. The molecule has 0 N–H and O–H groups in total. The highest BCUT2D eigenvalue weighted by Crippen LogP contribution is 2.49. The summed E-state index contributed by atoms with van der Waals surface area (Å²) in [6, 6.07) is 59.3. The van der Waals surface area contributed by atoms with Crippen molar-refractivity contribution in [2.24, 2.45) is 0 Å². The van der Waals surface area contributed by atoms with Crippen LogP contribution in [0.2, 0.25) is 0 Å². The van der Waals surface area contributed by atoms with E-state index in [0.717, 1.165) is 38.9 Å². The molecule has 0 radical (unpaired) electrons. The minimum Gasteiger partial charge on any atom is -0.263 e. The lowest BCUT2D eigenvalue weighted by molar-refractivity contribution is 1.07. The van der Waals surface area contributed by atoms with Crippen LogP contribution in [-0.4, -0.2) is 19.9 Å². The second-order valence-corrected chi connectivity index (χ2v) is 14.2. The van der Waals surface area contributed by atoms with Crippen LogP contribution >= 0.6 is 11.8 Å². The van der Waals surface area contributed by atoms with Gasteiger partial charge in [0.25, 0.3) is 0 Å². The van der Waals surface area contributed by atoms with E-state index in [2.05, 4.69) is 133 Å². The monoisotopic (exact) mass is 694 g/mol. The molecule has 53 heavy (non-hydrogen) atoms. The van der Waals surface area contributed by atoms with E-state index in [0.29, 0.717) is 17.5 Å². The Labute approximate surface area is 312 Å². The maximum Gasteiger partial charge on any atom is 0.164 e. The summed E-state index contributed by atoms with van der Waals surface area (Å²) in [5.41, 5.74) is 12.2. The van der Waals surface area contributed by atoms with Gasteiger partial charge >= 0.3 is 0 Å². The van der Waals surface area contributed by atoms with Crippen LogP contribution in [0, 0.1) is 0 Å². The first-order valence-corrected chi connectivity index (χ1v) is 18.4. The van der Waals surface area contributed by atoms with Gasteiger partial charge in [-0.2, -0.15) is 0 Å². The minimum atomic E-state index is 0.636. The van der Waals surface area contributed by atoms with Gasteiger partial charge in [-0.05, 0) is 57.1 Å². The van der Waals surface area contributed by atoms with Gasteiger partial charge in [-0.15, -0.1) is 0 Å². The first-order chi connectivity index (χ1) is 26.2. The molecule has 1 aliphatic heterocycles. The average molecular weight is 695 g/mol. The summed E-state index contributed by atoms with van der Waals surface area (Å²) >= 11 is 1.84. The Hall–Kier alpha value is -6.69. The molecule has 4 nitrogen and oxygen atoms in total. The number of hydrogen-bond acceptors (Lipinski definition) is 5. The van der Waals surface area contributed by atoms with E-state index in [1.54, 1.807) is 0 Å². The molecule has 0 amide bonds. The third kappa shape index (κ3) is 5.78. The van der Waals surface area contributed by atoms with Crippen molar-refractivity contribution in [1.29, 1.82) is 0 Å². The molecule has 10 rings (SSSR count). The number of fused-ring (bicyclic) bond motifs is 2. The minimum absolute atomic E-state index is 0.636. The zero-order valence-electron chi connectivity index (χ0n) is 28.5. The predicted octanol–water partition coefficient (Wildman–Crippen LogP) is 12.6. The lowest BCUT2D eigenvalue weighted by atomic mass is 9.93. The van der Waals surface area contributed by atoms with Gasteiger partial charge in [-0.25, -0.2) is 15.0 Å².